The van der Waals surface area contributed by atoms with E-state index < -0.39 is 11.4 Å². The minimum atomic E-state index is -0.836. The van der Waals surface area contributed by atoms with Gasteiger partial charge in [0.2, 0.25) is 5.52 Å². The molecule has 7 nitrogen and oxygen atoms in total. The molecule has 4 aromatic carbocycles. The van der Waals surface area contributed by atoms with Gasteiger partial charge < -0.3 is 14.7 Å². The van der Waals surface area contributed by atoms with Crippen LogP contribution in [-0.2, 0) is 39.1 Å². The number of hydrogen-bond donors (Lipinski definition) is 1. The van der Waals surface area contributed by atoms with Gasteiger partial charge in [0, 0.05) is 38.9 Å². The topological polar surface area (TPSA) is 94.5 Å². The Labute approximate surface area is 369 Å². The Morgan fingerprint density at radius 3 is 2.30 bits per heavy atom. The lowest BCUT2D eigenvalue weighted by atomic mass is 9.70. The Bertz CT molecular complexity index is 2490. The van der Waals surface area contributed by atoms with Crippen molar-refractivity contribution >= 4 is 72.8 Å². The fourth-order valence-electron chi connectivity index (χ4n) is 9.03. The molecule has 2 aliphatic rings. The normalized spacial score (nSPS) is 16.3. The monoisotopic (exact) mass is 900 g/mol. The summed E-state index contributed by atoms with van der Waals surface area (Å²) < 4.78 is 9.11. The Balaban J connectivity index is 1.32. The molecule has 0 radical (unpaired) electrons. The predicted octanol–water partition coefficient (Wildman–Crippen LogP) is 11.8. The minimum Gasteiger partial charge on any atom is -0.481 e. The molecule has 10 heteroatoms. The summed E-state index contributed by atoms with van der Waals surface area (Å²) in [6.07, 6.45) is 11.0. The molecule has 7 rings (SSSR count). The van der Waals surface area contributed by atoms with Crippen LogP contribution in [0, 0.1) is 11.3 Å². The van der Waals surface area contributed by atoms with Crippen molar-refractivity contribution in [1.29, 1.82) is 5.26 Å². The molecule has 0 amide bonds. The summed E-state index contributed by atoms with van der Waals surface area (Å²) in [7, 11) is 0. The molecule has 0 atom stereocenters. The predicted molar refractivity (Wildman–Crippen MR) is 245 cm³/mol. The van der Waals surface area contributed by atoms with Crippen molar-refractivity contribution in [2.75, 3.05) is 18.1 Å². The van der Waals surface area contributed by atoms with Crippen LogP contribution < -0.4 is 9.47 Å². The van der Waals surface area contributed by atoms with Crippen LogP contribution in [0.25, 0.3) is 15.8 Å². The van der Waals surface area contributed by atoms with E-state index in [1.165, 1.54) is 28.0 Å². The maximum atomic E-state index is 12.2. The molecule has 306 valence electrons. The van der Waals surface area contributed by atoms with Crippen LogP contribution in [0.1, 0.15) is 73.6 Å². The summed E-state index contributed by atoms with van der Waals surface area (Å²) in [5.41, 5.74) is 10.0. The summed E-state index contributed by atoms with van der Waals surface area (Å²) in [4.78, 5) is 25.4. The van der Waals surface area contributed by atoms with E-state index in [0.717, 1.165) is 86.3 Å². The number of halogens is 2. The lowest BCUT2D eigenvalue weighted by molar-refractivity contribution is -0.670. The number of thiazole rings is 1. The van der Waals surface area contributed by atoms with Crippen molar-refractivity contribution in [3.8, 4) is 6.07 Å². The molecule has 1 N–H and O–H groups in total. The molecule has 60 heavy (non-hydrogen) atoms. The molecule has 0 fully saturated rings. The molecule has 0 spiro atoms. The smallest absolute Gasteiger partial charge is 0.305 e. The SMILES string of the molecule is CC(C=C1CCC(C=C(C#N)c2sc3ccccc3[n+]2CCOC=O)=C1Cl)=C1N(CCC(=O)O)c2ccc(Br)cc2C1(CCCc1ccccc1)CCCc1ccccc1. The van der Waals surface area contributed by atoms with Gasteiger partial charge in [-0.3, -0.25) is 9.59 Å². The van der Waals surface area contributed by atoms with Crippen LogP contribution in [0.4, 0.5) is 5.69 Å². The lowest BCUT2D eigenvalue weighted by Crippen LogP contribution is -2.38. The number of ether oxygens (including phenoxy) is 1. The average Bonchev–Trinajstić information content (AvgIpc) is 3.88. The standard InChI is InChI=1S/C50H47BrClN3O4S/c1-35(30-38-20-21-39(47(38)52)31-40(33-53)49-55(28-29-59-34-56)44-18-8-9-19-45(44)60-49)48-50(25-10-16-36-12-4-2-5-13-36,26-11-17-37-14-6-3-7-15-37)42-32-41(51)22-23-43(42)54(48)27-24-46(57)58/h2-9,12-15,18-19,22-23,30-32,34H,10-11,16-17,20-21,24-29H2,1H3/p+1. The van der Waals surface area contributed by atoms with Crippen molar-refractivity contribution in [2.45, 2.75) is 76.7 Å². The molecular weight excluding hydrogens is 854 g/mol. The maximum Gasteiger partial charge on any atom is 0.305 e. The van der Waals surface area contributed by atoms with Gasteiger partial charge in [0.25, 0.3) is 11.5 Å². The molecule has 1 aromatic heterocycles. The summed E-state index contributed by atoms with van der Waals surface area (Å²) in [6, 6.07) is 38.1. The zero-order valence-corrected chi connectivity index (χ0v) is 36.9. The van der Waals surface area contributed by atoms with Crippen LogP contribution >= 0.6 is 38.9 Å². The number of carboxylic acid groups (broad SMARTS) is 1. The van der Waals surface area contributed by atoms with Gasteiger partial charge in [0.05, 0.1) is 6.42 Å². The number of carboxylic acids is 1. The third-order valence-corrected chi connectivity index (χ3v) is 13.8. The highest BCUT2D eigenvalue weighted by Crippen LogP contribution is 2.55. The number of nitriles is 1. The maximum absolute atomic E-state index is 12.2. The summed E-state index contributed by atoms with van der Waals surface area (Å²) in [5.74, 6) is -0.836. The fourth-order valence-corrected chi connectivity index (χ4v) is 10.8. The van der Waals surface area contributed by atoms with E-state index in [1.807, 2.05) is 34.9 Å². The van der Waals surface area contributed by atoms with Crippen LogP contribution in [0.2, 0.25) is 0 Å². The van der Waals surface area contributed by atoms with Crippen molar-refractivity contribution in [3.63, 3.8) is 0 Å². The van der Waals surface area contributed by atoms with E-state index in [1.54, 1.807) is 0 Å². The number of rotatable bonds is 18. The number of aryl methyl sites for hydroxylation is 2. The minimum absolute atomic E-state index is 0.00148. The first-order valence-electron chi connectivity index (χ1n) is 20.5. The highest BCUT2D eigenvalue weighted by molar-refractivity contribution is 9.10. The van der Waals surface area contributed by atoms with Gasteiger partial charge in [-0.2, -0.15) is 9.83 Å². The van der Waals surface area contributed by atoms with Crippen LogP contribution in [0.3, 0.4) is 0 Å². The van der Waals surface area contributed by atoms with Gasteiger partial charge in [-0.25, -0.2) is 0 Å². The first kappa shape index (κ1) is 42.8. The molecule has 0 unspecified atom stereocenters. The zero-order valence-electron chi connectivity index (χ0n) is 33.7. The van der Waals surface area contributed by atoms with E-state index in [4.69, 9.17) is 16.3 Å². The van der Waals surface area contributed by atoms with E-state index in [9.17, 15) is 20.0 Å². The Morgan fingerprint density at radius 1 is 0.983 bits per heavy atom. The van der Waals surface area contributed by atoms with Crippen molar-refractivity contribution < 1.29 is 24.0 Å². The number of hydrogen-bond acceptors (Lipinski definition) is 6. The molecule has 1 aliphatic carbocycles. The number of carbonyl (C=O) groups excluding carboxylic acids is 1. The summed E-state index contributed by atoms with van der Waals surface area (Å²) in [6.45, 7) is 3.54. The van der Waals surface area contributed by atoms with Gasteiger partial charge in [-0.15, -0.1) is 0 Å². The fraction of sp³-hybridized carbons (Fsp3) is 0.280. The highest BCUT2D eigenvalue weighted by Gasteiger charge is 2.47. The molecule has 2 heterocycles. The number of fused-ring (bicyclic) bond motifs is 2. The molecule has 1 aliphatic heterocycles. The number of aliphatic carboxylic acids is 1. The van der Waals surface area contributed by atoms with Crippen molar-refractivity contribution in [3.05, 3.63) is 169 Å². The number of nitrogens with zero attached hydrogens (tertiary/aromatic N) is 3. The number of aromatic nitrogens is 1. The molecular formula is C50H48BrClN3O4S+. The van der Waals surface area contributed by atoms with Gasteiger partial charge in [0.15, 0.2) is 6.54 Å². The summed E-state index contributed by atoms with van der Waals surface area (Å²) >= 11 is 12.6. The van der Waals surface area contributed by atoms with E-state index in [0.29, 0.717) is 43.0 Å². The Kier molecular flexibility index (Phi) is 14.2. The van der Waals surface area contributed by atoms with Gasteiger partial charge in [-0.05, 0) is 122 Å². The first-order chi connectivity index (χ1) is 29.2. The second-order valence-corrected chi connectivity index (χ2v) is 17.7. The number of para-hydroxylation sites is 1. The molecule has 0 bridgehead atoms. The molecule has 0 saturated heterocycles. The van der Waals surface area contributed by atoms with Crippen LogP contribution in [0.15, 0.2) is 147 Å². The highest BCUT2D eigenvalue weighted by atomic mass is 79.9. The number of benzene rings is 4. The Morgan fingerprint density at radius 2 is 1.65 bits per heavy atom. The largest absolute Gasteiger partial charge is 0.481 e. The van der Waals surface area contributed by atoms with Crippen LogP contribution in [0.5, 0.6) is 0 Å². The van der Waals surface area contributed by atoms with E-state index >= 15 is 0 Å². The van der Waals surface area contributed by atoms with Crippen molar-refractivity contribution in [1.82, 2.24) is 0 Å². The second-order valence-electron chi connectivity index (χ2n) is 15.4. The number of allylic oxidation sites excluding steroid dienone is 8. The van der Waals surface area contributed by atoms with E-state index in [-0.39, 0.29) is 13.0 Å². The molecule has 0 saturated carbocycles. The average molecular weight is 902 g/mol. The van der Waals surface area contributed by atoms with E-state index in [2.05, 4.69) is 119 Å². The van der Waals surface area contributed by atoms with Gasteiger partial charge >= 0.3 is 5.97 Å². The van der Waals surface area contributed by atoms with Crippen molar-refractivity contribution in [2.24, 2.45) is 0 Å². The lowest BCUT2D eigenvalue weighted by Gasteiger charge is -2.36. The third-order valence-electron chi connectivity index (χ3n) is 11.6. The summed E-state index contributed by atoms with van der Waals surface area (Å²) in [5, 5.41) is 21.9. The number of carbonyl (C=O) groups is 2. The second kappa shape index (κ2) is 19.9. The Hall–Kier alpha value is -5.27. The number of anilines is 1. The quantitative estimate of drug-likeness (QED) is 0.0407. The van der Waals surface area contributed by atoms with Gasteiger partial charge in [-0.1, -0.05) is 118 Å². The van der Waals surface area contributed by atoms with Gasteiger partial charge in [0.1, 0.15) is 22.9 Å². The van der Waals surface area contributed by atoms with Crippen LogP contribution in [-0.4, -0.2) is 30.7 Å². The molecule has 5 aromatic rings. The first-order valence-corrected chi connectivity index (χ1v) is 22.5. The third kappa shape index (κ3) is 9.52. The zero-order chi connectivity index (χ0) is 42.1.